The summed E-state index contributed by atoms with van der Waals surface area (Å²) in [5, 5.41) is 14.6. The van der Waals surface area contributed by atoms with E-state index < -0.39 is 14.8 Å². The van der Waals surface area contributed by atoms with E-state index in [4.69, 9.17) is 0 Å². The third-order valence-electron chi connectivity index (χ3n) is 3.94. The fourth-order valence-corrected chi connectivity index (χ4v) is 4.61. The van der Waals surface area contributed by atoms with Crippen LogP contribution >= 0.6 is 11.3 Å². The maximum Gasteiger partial charge on any atom is 0.311 e. The van der Waals surface area contributed by atoms with Crippen LogP contribution in [0.5, 0.6) is 0 Å². The second kappa shape index (κ2) is 6.45. The van der Waals surface area contributed by atoms with Crippen molar-refractivity contribution >= 4 is 42.6 Å². The first kappa shape index (κ1) is 17.4. The number of hydrogen-bond acceptors (Lipinski definition) is 6. The number of rotatable bonds is 5. The van der Waals surface area contributed by atoms with Crippen molar-refractivity contribution in [3.05, 3.63) is 63.5 Å². The molecule has 130 valence electrons. The SMILES string of the molecule is CN(Cc1csc2ccccc12)c1cccc(S(C)(=O)=O)c1[N+](=O)[O-]. The number of anilines is 1. The fourth-order valence-electron chi connectivity index (χ4n) is 2.80. The summed E-state index contributed by atoms with van der Waals surface area (Å²) in [6, 6.07) is 12.3. The lowest BCUT2D eigenvalue weighted by Crippen LogP contribution is -2.18. The van der Waals surface area contributed by atoms with Gasteiger partial charge in [0.05, 0.1) is 4.92 Å². The number of sulfone groups is 1. The highest BCUT2D eigenvalue weighted by atomic mass is 32.2. The molecule has 0 aliphatic carbocycles. The van der Waals surface area contributed by atoms with Gasteiger partial charge in [0.25, 0.3) is 0 Å². The largest absolute Gasteiger partial charge is 0.365 e. The molecule has 0 amide bonds. The van der Waals surface area contributed by atoms with Crippen molar-refractivity contribution in [2.45, 2.75) is 11.4 Å². The van der Waals surface area contributed by atoms with Crippen LogP contribution in [0.2, 0.25) is 0 Å². The van der Waals surface area contributed by atoms with Gasteiger partial charge in [0, 0.05) is 24.5 Å². The maximum absolute atomic E-state index is 11.9. The normalized spacial score (nSPS) is 11.6. The first-order chi connectivity index (χ1) is 11.8. The highest BCUT2D eigenvalue weighted by Crippen LogP contribution is 2.35. The average Bonchev–Trinajstić information content (AvgIpc) is 2.96. The molecule has 1 heterocycles. The topological polar surface area (TPSA) is 80.5 Å². The van der Waals surface area contributed by atoms with Crippen LogP contribution < -0.4 is 4.90 Å². The van der Waals surface area contributed by atoms with Gasteiger partial charge < -0.3 is 4.90 Å². The second-order valence-corrected chi connectivity index (χ2v) is 8.66. The molecule has 3 aromatic rings. The first-order valence-electron chi connectivity index (χ1n) is 7.42. The lowest BCUT2D eigenvalue weighted by Gasteiger charge is -2.20. The predicted molar refractivity (Wildman–Crippen MR) is 100 cm³/mol. The molecule has 0 saturated carbocycles. The number of nitro groups is 1. The molecule has 0 bridgehead atoms. The highest BCUT2D eigenvalue weighted by molar-refractivity contribution is 7.90. The Morgan fingerprint density at radius 1 is 1.16 bits per heavy atom. The van der Waals surface area contributed by atoms with E-state index in [-0.39, 0.29) is 16.3 Å². The van der Waals surface area contributed by atoms with Gasteiger partial charge in [-0.05, 0) is 34.5 Å². The molecular formula is C17H16N2O4S2. The Bertz CT molecular complexity index is 1060. The van der Waals surface area contributed by atoms with Gasteiger partial charge in [-0.2, -0.15) is 0 Å². The molecule has 0 N–H and O–H groups in total. The summed E-state index contributed by atoms with van der Waals surface area (Å²) in [7, 11) is -1.97. The smallest absolute Gasteiger partial charge is 0.311 e. The van der Waals surface area contributed by atoms with Crippen molar-refractivity contribution in [2.75, 3.05) is 18.2 Å². The van der Waals surface area contributed by atoms with E-state index in [1.54, 1.807) is 29.4 Å². The van der Waals surface area contributed by atoms with Gasteiger partial charge in [-0.25, -0.2) is 8.42 Å². The molecule has 0 unspecified atom stereocenters. The average molecular weight is 376 g/mol. The number of nitrogens with zero attached hydrogens (tertiary/aromatic N) is 2. The van der Waals surface area contributed by atoms with Crippen LogP contribution in [0.4, 0.5) is 11.4 Å². The molecule has 0 atom stereocenters. The van der Waals surface area contributed by atoms with E-state index in [1.165, 1.54) is 12.1 Å². The van der Waals surface area contributed by atoms with E-state index >= 15 is 0 Å². The molecule has 6 nitrogen and oxygen atoms in total. The lowest BCUT2D eigenvalue weighted by atomic mass is 10.1. The Morgan fingerprint density at radius 2 is 1.88 bits per heavy atom. The summed E-state index contributed by atoms with van der Waals surface area (Å²) >= 11 is 1.61. The van der Waals surface area contributed by atoms with E-state index in [2.05, 4.69) is 0 Å². The van der Waals surface area contributed by atoms with Crippen molar-refractivity contribution < 1.29 is 13.3 Å². The second-order valence-electron chi connectivity index (χ2n) is 5.77. The number of fused-ring (bicyclic) bond motifs is 1. The molecule has 2 aromatic carbocycles. The van der Waals surface area contributed by atoms with Gasteiger partial charge in [-0.15, -0.1) is 11.3 Å². The summed E-state index contributed by atoms with van der Waals surface area (Å²) in [4.78, 5) is 12.3. The van der Waals surface area contributed by atoms with Crippen LogP contribution in [0.25, 0.3) is 10.1 Å². The summed E-state index contributed by atoms with van der Waals surface area (Å²) in [5.74, 6) is 0. The monoisotopic (exact) mass is 376 g/mol. The van der Waals surface area contributed by atoms with Crippen molar-refractivity contribution in [2.24, 2.45) is 0 Å². The van der Waals surface area contributed by atoms with Gasteiger partial charge in [-0.3, -0.25) is 10.1 Å². The van der Waals surface area contributed by atoms with Crippen LogP contribution in [0.3, 0.4) is 0 Å². The molecule has 25 heavy (non-hydrogen) atoms. The molecule has 0 radical (unpaired) electrons. The fraction of sp³-hybridized carbons (Fsp3) is 0.176. The standard InChI is InChI=1S/C17H16N2O4S2/c1-18(10-12-11-24-15-8-4-3-6-13(12)15)14-7-5-9-16(25(2,22)23)17(14)19(20)21/h3-9,11H,10H2,1-2H3. The number of thiophene rings is 1. The van der Waals surface area contributed by atoms with E-state index in [0.717, 1.165) is 21.9 Å². The summed E-state index contributed by atoms with van der Waals surface area (Å²) in [6.07, 6.45) is 0.978. The Labute approximate surface area is 149 Å². The third-order valence-corrected chi connectivity index (χ3v) is 6.08. The lowest BCUT2D eigenvalue weighted by molar-refractivity contribution is -0.387. The Balaban J connectivity index is 2.05. The summed E-state index contributed by atoms with van der Waals surface area (Å²) in [5.41, 5.74) is 0.942. The summed E-state index contributed by atoms with van der Waals surface area (Å²) in [6.45, 7) is 0.443. The predicted octanol–water partition coefficient (Wildman–Crippen LogP) is 3.85. The molecule has 8 heteroatoms. The van der Waals surface area contributed by atoms with Gasteiger partial charge in [0.2, 0.25) is 0 Å². The van der Waals surface area contributed by atoms with E-state index in [1.807, 2.05) is 29.6 Å². The Kier molecular flexibility index (Phi) is 4.49. The Hall–Kier alpha value is -2.45. The van der Waals surface area contributed by atoms with E-state index in [0.29, 0.717) is 6.54 Å². The first-order valence-corrected chi connectivity index (χ1v) is 10.2. The molecular weight excluding hydrogens is 360 g/mol. The van der Waals surface area contributed by atoms with Crippen molar-refractivity contribution in [3.8, 4) is 0 Å². The number of nitro benzene ring substituents is 1. The van der Waals surface area contributed by atoms with Crippen LogP contribution in [0.1, 0.15) is 5.56 Å². The van der Waals surface area contributed by atoms with Crippen molar-refractivity contribution in [1.29, 1.82) is 0 Å². The minimum Gasteiger partial charge on any atom is -0.365 e. The van der Waals surface area contributed by atoms with Gasteiger partial charge in [-0.1, -0.05) is 24.3 Å². The molecule has 1 aromatic heterocycles. The molecule has 0 saturated heterocycles. The quantitative estimate of drug-likeness (QED) is 0.499. The Morgan fingerprint density at radius 3 is 2.56 bits per heavy atom. The molecule has 0 fully saturated rings. The zero-order valence-electron chi connectivity index (χ0n) is 13.7. The highest BCUT2D eigenvalue weighted by Gasteiger charge is 2.28. The number of hydrogen-bond donors (Lipinski definition) is 0. The zero-order chi connectivity index (χ0) is 18.2. The zero-order valence-corrected chi connectivity index (χ0v) is 15.3. The minimum absolute atomic E-state index is 0.267. The van der Waals surface area contributed by atoms with Crippen molar-refractivity contribution in [1.82, 2.24) is 0 Å². The maximum atomic E-state index is 11.9. The molecule has 0 spiro atoms. The molecule has 0 aliphatic heterocycles. The van der Waals surface area contributed by atoms with Crippen LogP contribution in [0.15, 0.2) is 52.7 Å². The summed E-state index contributed by atoms with van der Waals surface area (Å²) < 4.78 is 25.0. The van der Waals surface area contributed by atoms with Crippen LogP contribution in [-0.2, 0) is 16.4 Å². The van der Waals surface area contributed by atoms with Gasteiger partial charge in [0.15, 0.2) is 9.84 Å². The van der Waals surface area contributed by atoms with Crippen LogP contribution in [-0.4, -0.2) is 26.6 Å². The minimum atomic E-state index is -3.70. The van der Waals surface area contributed by atoms with Gasteiger partial charge in [0.1, 0.15) is 10.6 Å². The van der Waals surface area contributed by atoms with E-state index in [9.17, 15) is 18.5 Å². The van der Waals surface area contributed by atoms with Crippen molar-refractivity contribution in [3.63, 3.8) is 0 Å². The van der Waals surface area contributed by atoms with Gasteiger partial charge >= 0.3 is 5.69 Å². The van der Waals surface area contributed by atoms with Crippen LogP contribution in [0, 0.1) is 10.1 Å². The number of benzene rings is 2. The molecule has 3 rings (SSSR count). The molecule has 0 aliphatic rings. The number of para-hydroxylation sites is 1. The third kappa shape index (κ3) is 3.35.